The van der Waals surface area contributed by atoms with E-state index < -0.39 is 0 Å². The summed E-state index contributed by atoms with van der Waals surface area (Å²) in [5.74, 6) is 0.687. The number of benzene rings is 1. The van der Waals surface area contributed by atoms with Crippen molar-refractivity contribution < 1.29 is 4.79 Å². The van der Waals surface area contributed by atoms with Crippen molar-refractivity contribution in [2.75, 3.05) is 5.32 Å². The van der Waals surface area contributed by atoms with Gasteiger partial charge in [0, 0.05) is 24.7 Å². The molecule has 0 aliphatic carbocycles. The maximum absolute atomic E-state index is 11.5. The van der Waals surface area contributed by atoms with E-state index in [1.807, 2.05) is 31.2 Å². The van der Waals surface area contributed by atoms with Crippen molar-refractivity contribution in [3.8, 4) is 11.4 Å². The first-order valence-corrected chi connectivity index (χ1v) is 5.83. The predicted octanol–water partition coefficient (Wildman–Crippen LogP) is 1.62. The molecular weight excluding hydrogens is 230 g/mol. The largest absolute Gasteiger partial charge is 0.326 e. The van der Waals surface area contributed by atoms with E-state index in [0.29, 0.717) is 12.2 Å². The lowest BCUT2D eigenvalue weighted by Gasteiger charge is -2.06. The summed E-state index contributed by atoms with van der Waals surface area (Å²) in [4.78, 5) is 11.5. The van der Waals surface area contributed by atoms with Crippen LogP contribution >= 0.6 is 0 Å². The molecule has 1 amide bonds. The lowest BCUT2D eigenvalue weighted by atomic mass is 10.2. The van der Waals surface area contributed by atoms with Crippen LogP contribution in [0, 0.1) is 0 Å². The Morgan fingerprint density at radius 2 is 2.28 bits per heavy atom. The molecule has 0 bridgehead atoms. The van der Waals surface area contributed by atoms with Crippen LogP contribution in [0.15, 0.2) is 24.3 Å². The highest BCUT2D eigenvalue weighted by atomic mass is 16.1. The fourth-order valence-electron chi connectivity index (χ4n) is 1.66. The van der Waals surface area contributed by atoms with Crippen molar-refractivity contribution in [3.63, 3.8) is 0 Å². The van der Waals surface area contributed by atoms with Gasteiger partial charge in [0.25, 0.3) is 0 Å². The lowest BCUT2D eigenvalue weighted by molar-refractivity contribution is -0.116. The van der Waals surface area contributed by atoms with Gasteiger partial charge in [-0.15, -0.1) is 5.10 Å². The van der Waals surface area contributed by atoms with Crippen LogP contribution in [-0.2, 0) is 11.8 Å². The Morgan fingerprint density at radius 1 is 1.44 bits per heavy atom. The van der Waals surface area contributed by atoms with E-state index in [4.69, 9.17) is 0 Å². The molecule has 94 valence electrons. The van der Waals surface area contributed by atoms with Gasteiger partial charge in [-0.05, 0) is 29.0 Å². The summed E-state index contributed by atoms with van der Waals surface area (Å²) in [6.45, 7) is 1.97. The number of aromatic nitrogens is 4. The molecule has 0 saturated heterocycles. The topological polar surface area (TPSA) is 72.7 Å². The summed E-state index contributed by atoms with van der Waals surface area (Å²) in [5.41, 5.74) is 1.63. The molecule has 6 heteroatoms. The van der Waals surface area contributed by atoms with Crippen molar-refractivity contribution in [1.29, 1.82) is 0 Å². The molecule has 2 rings (SSSR count). The van der Waals surface area contributed by atoms with Crippen LogP contribution in [0.5, 0.6) is 0 Å². The van der Waals surface area contributed by atoms with E-state index >= 15 is 0 Å². The SMILES string of the molecule is CCCC(=O)Nc1cccc(-c2nnnn2C)c1. The van der Waals surface area contributed by atoms with Gasteiger partial charge in [0.15, 0.2) is 5.82 Å². The minimum atomic E-state index is 0.0192. The molecule has 0 spiro atoms. The van der Waals surface area contributed by atoms with Crippen LogP contribution in [0.1, 0.15) is 19.8 Å². The molecule has 18 heavy (non-hydrogen) atoms. The first-order chi connectivity index (χ1) is 8.70. The Labute approximate surface area is 105 Å². The predicted molar refractivity (Wildman–Crippen MR) is 67.8 cm³/mol. The van der Waals surface area contributed by atoms with Gasteiger partial charge in [-0.3, -0.25) is 4.79 Å². The highest BCUT2D eigenvalue weighted by Crippen LogP contribution is 2.19. The molecular formula is C12H15N5O. The van der Waals surface area contributed by atoms with E-state index in [-0.39, 0.29) is 5.91 Å². The molecule has 0 saturated carbocycles. The first-order valence-electron chi connectivity index (χ1n) is 5.83. The second-order valence-corrected chi connectivity index (χ2v) is 4.01. The van der Waals surface area contributed by atoms with Gasteiger partial charge in [0.2, 0.25) is 5.91 Å². The highest BCUT2D eigenvalue weighted by molar-refractivity contribution is 5.91. The van der Waals surface area contributed by atoms with E-state index in [1.54, 1.807) is 11.7 Å². The number of rotatable bonds is 4. The van der Waals surface area contributed by atoms with Crippen LogP contribution in [0.3, 0.4) is 0 Å². The Hall–Kier alpha value is -2.24. The van der Waals surface area contributed by atoms with Crippen LogP contribution < -0.4 is 5.32 Å². The molecule has 1 aromatic heterocycles. The zero-order valence-electron chi connectivity index (χ0n) is 10.4. The molecule has 2 aromatic rings. The molecule has 0 fully saturated rings. The number of hydrogen-bond acceptors (Lipinski definition) is 4. The third-order valence-corrected chi connectivity index (χ3v) is 2.50. The van der Waals surface area contributed by atoms with Crippen molar-refractivity contribution in [1.82, 2.24) is 20.2 Å². The highest BCUT2D eigenvalue weighted by Gasteiger charge is 2.07. The van der Waals surface area contributed by atoms with Crippen molar-refractivity contribution in [3.05, 3.63) is 24.3 Å². The van der Waals surface area contributed by atoms with E-state index in [1.165, 1.54) is 0 Å². The molecule has 0 unspecified atom stereocenters. The van der Waals surface area contributed by atoms with Gasteiger partial charge >= 0.3 is 0 Å². The van der Waals surface area contributed by atoms with Crippen LogP contribution in [0.4, 0.5) is 5.69 Å². The standard InChI is InChI=1S/C12H15N5O/c1-3-5-11(18)13-10-7-4-6-9(8-10)12-14-15-16-17(12)2/h4,6-8H,3,5H2,1-2H3,(H,13,18). The Bertz CT molecular complexity index is 549. The molecule has 0 aliphatic heterocycles. The second kappa shape index (κ2) is 5.39. The normalized spacial score (nSPS) is 10.3. The molecule has 1 N–H and O–H groups in total. The summed E-state index contributed by atoms with van der Waals surface area (Å²) in [7, 11) is 1.78. The number of nitrogens with zero attached hydrogens (tertiary/aromatic N) is 4. The van der Waals surface area contributed by atoms with Crippen molar-refractivity contribution in [2.45, 2.75) is 19.8 Å². The average Bonchev–Trinajstić information content (AvgIpc) is 2.76. The fourth-order valence-corrected chi connectivity index (χ4v) is 1.66. The Morgan fingerprint density at radius 3 is 2.94 bits per heavy atom. The maximum Gasteiger partial charge on any atom is 0.224 e. The van der Waals surface area contributed by atoms with Gasteiger partial charge in [-0.2, -0.15) is 0 Å². The van der Waals surface area contributed by atoms with E-state index in [0.717, 1.165) is 17.7 Å². The van der Waals surface area contributed by atoms with Crippen LogP contribution in [0.25, 0.3) is 11.4 Å². The number of amides is 1. The molecule has 0 radical (unpaired) electrons. The van der Waals surface area contributed by atoms with Gasteiger partial charge < -0.3 is 5.32 Å². The van der Waals surface area contributed by atoms with E-state index in [9.17, 15) is 4.79 Å². The Kier molecular flexibility index (Phi) is 3.66. The molecule has 6 nitrogen and oxygen atoms in total. The summed E-state index contributed by atoms with van der Waals surface area (Å²) in [6.07, 6.45) is 1.36. The average molecular weight is 245 g/mol. The summed E-state index contributed by atoms with van der Waals surface area (Å²) < 4.78 is 1.59. The summed E-state index contributed by atoms with van der Waals surface area (Å²) in [6, 6.07) is 7.48. The molecule has 0 aliphatic rings. The summed E-state index contributed by atoms with van der Waals surface area (Å²) >= 11 is 0. The first kappa shape index (κ1) is 12.2. The molecule has 1 aromatic carbocycles. The van der Waals surface area contributed by atoms with Gasteiger partial charge in [-0.1, -0.05) is 19.1 Å². The quantitative estimate of drug-likeness (QED) is 0.888. The van der Waals surface area contributed by atoms with Gasteiger partial charge in [-0.25, -0.2) is 4.68 Å². The summed E-state index contributed by atoms with van der Waals surface area (Å²) in [5, 5.41) is 14.2. The lowest BCUT2D eigenvalue weighted by Crippen LogP contribution is -2.10. The molecule has 1 heterocycles. The van der Waals surface area contributed by atoms with E-state index in [2.05, 4.69) is 20.8 Å². The number of carbonyl (C=O) groups is 1. The number of anilines is 1. The van der Waals surface area contributed by atoms with Crippen molar-refractivity contribution in [2.24, 2.45) is 7.05 Å². The van der Waals surface area contributed by atoms with Gasteiger partial charge in [0.05, 0.1) is 0 Å². The number of tetrazole rings is 1. The monoisotopic (exact) mass is 245 g/mol. The van der Waals surface area contributed by atoms with Gasteiger partial charge in [0.1, 0.15) is 0 Å². The smallest absolute Gasteiger partial charge is 0.224 e. The number of aryl methyl sites for hydroxylation is 1. The third-order valence-electron chi connectivity index (χ3n) is 2.50. The fraction of sp³-hybridized carbons (Fsp3) is 0.333. The van der Waals surface area contributed by atoms with Crippen molar-refractivity contribution >= 4 is 11.6 Å². The number of carbonyl (C=O) groups excluding carboxylic acids is 1. The second-order valence-electron chi connectivity index (χ2n) is 4.01. The number of nitrogens with one attached hydrogen (secondary N) is 1. The minimum absolute atomic E-state index is 0.0192. The minimum Gasteiger partial charge on any atom is -0.326 e. The maximum atomic E-state index is 11.5. The number of hydrogen-bond donors (Lipinski definition) is 1. The third kappa shape index (κ3) is 2.71. The zero-order valence-corrected chi connectivity index (χ0v) is 10.4. The van der Waals surface area contributed by atoms with Crippen LogP contribution in [-0.4, -0.2) is 26.1 Å². The zero-order chi connectivity index (χ0) is 13.0. The Balaban J connectivity index is 2.20. The molecule has 0 atom stereocenters. The van der Waals surface area contributed by atoms with Crippen LogP contribution in [0.2, 0.25) is 0 Å².